The van der Waals surface area contributed by atoms with Crippen LogP contribution in [-0.4, -0.2) is 57.2 Å². The van der Waals surface area contributed by atoms with Crippen molar-refractivity contribution in [2.75, 3.05) is 32.5 Å². The second-order valence-corrected chi connectivity index (χ2v) is 9.33. The number of hydrogen-bond donors (Lipinski definition) is 3. The quantitative estimate of drug-likeness (QED) is 0.257. The summed E-state index contributed by atoms with van der Waals surface area (Å²) in [5, 5.41) is 13.0. The minimum Gasteiger partial charge on any atom is -0.384 e. The summed E-state index contributed by atoms with van der Waals surface area (Å²) < 4.78 is 14.6. The molecule has 0 bridgehead atoms. The van der Waals surface area contributed by atoms with Crippen LogP contribution in [0.4, 0.5) is 10.1 Å². The van der Waals surface area contributed by atoms with Crippen LogP contribution in [0.3, 0.4) is 0 Å². The maximum atomic E-state index is 14.6. The number of benzene rings is 2. The van der Waals surface area contributed by atoms with E-state index in [2.05, 4.69) is 47.5 Å². The molecule has 3 N–H and O–H groups in total. The number of aromatic nitrogens is 5. The van der Waals surface area contributed by atoms with E-state index in [0.717, 1.165) is 68.7 Å². The van der Waals surface area contributed by atoms with Gasteiger partial charge in [0, 0.05) is 59.2 Å². The Balaban J connectivity index is 1.41. The molecule has 37 heavy (non-hydrogen) atoms. The van der Waals surface area contributed by atoms with Gasteiger partial charge in [-0.1, -0.05) is 6.07 Å². The molecule has 6 rings (SSSR count). The number of nitrogens with one attached hydrogen (secondary N) is 3. The number of nitrogens with zero attached hydrogens (tertiary/aromatic N) is 4. The smallest absolute Gasteiger partial charge is 0.125 e. The lowest BCUT2D eigenvalue weighted by molar-refractivity contribution is 0.425. The number of fused-ring (bicyclic) bond motifs is 2. The van der Waals surface area contributed by atoms with Gasteiger partial charge < -0.3 is 15.2 Å². The van der Waals surface area contributed by atoms with Gasteiger partial charge in [-0.05, 0) is 79.8 Å². The molecule has 4 heterocycles. The van der Waals surface area contributed by atoms with Crippen LogP contribution in [0.15, 0.2) is 79.3 Å². The van der Waals surface area contributed by atoms with Crippen LogP contribution in [0.25, 0.3) is 55.6 Å². The molecule has 0 aliphatic rings. The van der Waals surface area contributed by atoms with Gasteiger partial charge in [-0.3, -0.25) is 15.1 Å². The standard InChI is InChI=1S/C29H26FN7/c1-37(2)12-11-32-22-14-20(13-21(30)16-22)28-24-17-27(34-25(24)7-10-33-28)29-23-15-19(3-4-26(23)35-36-29)18-5-8-31-9-6-18/h3-10,13-17,32,34H,11-12H2,1-2H3,(H,35,36). The molecule has 0 saturated heterocycles. The zero-order valence-electron chi connectivity index (χ0n) is 20.6. The highest BCUT2D eigenvalue weighted by Crippen LogP contribution is 2.35. The highest BCUT2D eigenvalue weighted by Gasteiger charge is 2.16. The Morgan fingerprint density at radius 2 is 1.65 bits per heavy atom. The van der Waals surface area contributed by atoms with Gasteiger partial charge in [-0.2, -0.15) is 5.10 Å². The molecular formula is C29H26FN7. The van der Waals surface area contributed by atoms with Crippen molar-refractivity contribution < 1.29 is 4.39 Å². The molecule has 0 radical (unpaired) electrons. The Morgan fingerprint density at radius 1 is 0.811 bits per heavy atom. The molecular weight excluding hydrogens is 465 g/mol. The summed E-state index contributed by atoms with van der Waals surface area (Å²) in [6, 6.07) is 19.2. The predicted octanol–water partition coefficient (Wildman–Crippen LogP) is 5.95. The van der Waals surface area contributed by atoms with E-state index in [1.165, 1.54) is 12.1 Å². The molecule has 7 nitrogen and oxygen atoms in total. The van der Waals surface area contributed by atoms with Crippen LogP contribution >= 0.6 is 0 Å². The first kappa shape index (κ1) is 22.9. The molecule has 4 aromatic heterocycles. The molecule has 184 valence electrons. The minimum absolute atomic E-state index is 0.304. The van der Waals surface area contributed by atoms with E-state index in [0.29, 0.717) is 5.69 Å². The first-order chi connectivity index (χ1) is 18.0. The molecule has 0 fully saturated rings. The summed E-state index contributed by atoms with van der Waals surface area (Å²) >= 11 is 0. The Morgan fingerprint density at radius 3 is 2.49 bits per heavy atom. The average Bonchev–Trinajstić information content (AvgIpc) is 3.52. The van der Waals surface area contributed by atoms with Crippen molar-refractivity contribution in [1.29, 1.82) is 0 Å². The second kappa shape index (κ2) is 9.48. The molecule has 8 heteroatoms. The van der Waals surface area contributed by atoms with Crippen LogP contribution in [0.5, 0.6) is 0 Å². The van der Waals surface area contributed by atoms with Crippen molar-refractivity contribution in [2.24, 2.45) is 0 Å². The van der Waals surface area contributed by atoms with Gasteiger partial charge in [0.25, 0.3) is 0 Å². The third kappa shape index (κ3) is 4.54. The van der Waals surface area contributed by atoms with Gasteiger partial charge in [-0.25, -0.2) is 4.39 Å². The summed E-state index contributed by atoms with van der Waals surface area (Å²) in [6.45, 7) is 1.57. The fourth-order valence-corrected chi connectivity index (χ4v) is 4.61. The van der Waals surface area contributed by atoms with Crippen molar-refractivity contribution >= 4 is 27.5 Å². The lowest BCUT2D eigenvalue weighted by Gasteiger charge is -2.12. The first-order valence-corrected chi connectivity index (χ1v) is 12.1. The summed E-state index contributed by atoms with van der Waals surface area (Å²) in [5.74, 6) is -0.304. The predicted molar refractivity (Wildman–Crippen MR) is 147 cm³/mol. The van der Waals surface area contributed by atoms with E-state index in [1.807, 2.05) is 50.5 Å². The van der Waals surface area contributed by atoms with Gasteiger partial charge in [0.15, 0.2) is 0 Å². The van der Waals surface area contributed by atoms with Gasteiger partial charge in [0.2, 0.25) is 0 Å². The van der Waals surface area contributed by atoms with E-state index in [9.17, 15) is 4.39 Å². The number of anilines is 1. The fourth-order valence-electron chi connectivity index (χ4n) is 4.61. The monoisotopic (exact) mass is 491 g/mol. The van der Waals surface area contributed by atoms with Crippen molar-refractivity contribution in [2.45, 2.75) is 0 Å². The Bertz CT molecular complexity index is 1700. The molecule has 2 aromatic carbocycles. The van der Waals surface area contributed by atoms with Crippen molar-refractivity contribution in [3.63, 3.8) is 0 Å². The van der Waals surface area contributed by atoms with Gasteiger partial charge in [0.05, 0.1) is 16.9 Å². The molecule has 6 aromatic rings. The largest absolute Gasteiger partial charge is 0.384 e. The minimum atomic E-state index is -0.304. The molecule has 0 aliphatic heterocycles. The normalized spacial score (nSPS) is 11.6. The SMILES string of the molecule is CN(C)CCNc1cc(F)cc(-c2nccc3[nH]c(-c4n[nH]c5ccc(-c6ccncc6)cc45)cc23)c1. The van der Waals surface area contributed by atoms with Crippen LogP contribution in [0, 0.1) is 5.82 Å². The van der Waals surface area contributed by atoms with Crippen LogP contribution in [0.1, 0.15) is 0 Å². The zero-order chi connectivity index (χ0) is 25.4. The Labute approximate surface area is 213 Å². The van der Waals surface area contributed by atoms with Crippen LogP contribution in [0.2, 0.25) is 0 Å². The van der Waals surface area contributed by atoms with E-state index in [-0.39, 0.29) is 5.82 Å². The van der Waals surface area contributed by atoms with E-state index in [4.69, 9.17) is 0 Å². The van der Waals surface area contributed by atoms with Gasteiger partial charge in [-0.15, -0.1) is 0 Å². The third-order valence-corrected chi connectivity index (χ3v) is 6.44. The van der Waals surface area contributed by atoms with E-state index in [1.54, 1.807) is 18.6 Å². The summed E-state index contributed by atoms with van der Waals surface area (Å²) in [6.07, 6.45) is 5.32. The molecule has 0 unspecified atom stereocenters. The molecule has 0 saturated carbocycles. The van der Waals surface area contributed by atoms with Crippen LogP contribution in [-0.2, 0) is 0 Å². The third-order valence-electron chi connectivity index (χ3n) is 6.44. The summed E-state index contributed by atoms with van der Waals surface area (Å²) in [5.41, 5.74) is 7.88. The van der Waals surface area contributed by atoms with Crippen molar-refractivity contribution in [3.8, 4) is 33.8 Å². The second-order valence-electron chi connectivity index (χ2n) is 9.33. The molecule has 0 atom stereocenters. The number of hydrogen-bond acceptors (Lipinski definition) is 5. The molecule has 0 spiro atoms. The average molecular weight is 492 g/mol. The van der Waals surface area contributed by atoms with Crippen molar-refractivity contribution in [1.82, 2.24) is 30.0 Å². The fraction of sp³-hybridized carbons (Fsp3) is 0.138. The highest BCUT2D eigenvalue weighted by atomic mass is 19.1. The summed E-state index contributed by atoms with van der Waals surface area (Å²) in [4.78, 5) is 14.3. The van der Waals surface area contributed by atoms with E-state index >= 15 is 0 Å². The maximum Gasteiger partial charge on any atom is 0.125 e. The topological polar surface area (TPSA) is 85.5 Å². The number of H-pyrrole nitrogens is 2. The molecule has 0 amide bonds. The number of rotatable bonds is 7. The van der Waals surface area contributed by atoms with E-state index < -0.39 is 0 Å². The van der Waals surface area contributed by atoms with Crippen molar-refractivity contribution in [3.05, 3.63) is 85.1 Å². The first-order valence-electron chi connectivity index (χ1n) is 12.1. The Hall–Kier alpha value is -4.56. The number of pyridine rings is 2. The number of aromatic amines is 2. The maximum absolute atomic E-state index is 14.6. The highest BCUT2D eigenvalue weighted by molar-refractivity contribution is 6.01. The number of halogens is 1. The lowest BCUT2D eigenvalue weighted by atomic mass is 10.0. The van der Waals surface area contributed by atoms with Gasteiger partial charge in [0.1, 0.15) is 11.5 Å². The van der Waals surface area contributed by atoms with Gasteiger partial charge >= 0.3 is 0 Å². The summed E-state index contributed by atoms with van der Waals surface area (Å²) in [7, 11) is 4.02. The number of likely N-dealkylation sites (N-methyl/N-ethyl adjacent to an activating group) is 1. The Kier molecular flexibility index (Phi) is 5.86. The zero-order valence-corrected chi connectivity index (χ0v) is 20.6. The van der Waals surface area contributed by atoms with Crippen LogP contribution < -0.4 is 5.32 Å². The lowest BCUT2D eigenvalue weighted by Crippen LogP contribution is -2.20. The molecule has 0 aliphatic carbocycles.